The summed E-state index contributed by atoms with van der Waals surface area (Å²) in [6.07, 6.45) is -2.33. The molecule has 0 unspecified atom stereocenters. The monoisotopic (exact) mass is 542 g/mol. The number of nitrogens with zero attached hydrogens (tertiary/aromatic N) is 6. The summed E-state index contributed by atoms with van der Waals surface area (Å²) in [4.78, 5) is 26.5. The van der Waals surface area contributed by atoms with E-state index in [9.17, 15) is 20.0 Å². The Balaban J connectivity index is 1.89. The molecule has 0 aliphatic carbocycles. The molecule has 3 aromatic rings. The number of nitro groups is 1. The molecular formula is C25H30N6O8. The van der Waals surface area contributed by atoms with Crippen LogP contribution in [-0.4, -0.2) is 75.0 Å². The summed E-state index contributed by atoms with van der Waals surface area (Å²) in [5.74, 6) is 0.154. The molecule has 1 N–H and O–H groups in total. The number of aliphatic hydroxyl groups excluding tert-OH is 1. The van der Waals surface area contributed by atoms with Crippen LogP contribution in [-0.2, 0) is 27.8 Å². The summed E-state index contributed by atoms with van der Waals surface area (Å²) in [6, 6.07) is 9.80. The smallest absolute Gasteiger partial charge is 0.338 e. The number of esters is 1. The molecule has 208 valence electrons. The van der Waals surface area contributed by atoms with Gasteiger partial charge in [-0.2, -0.15) is 4.80 Å². The first-order valence-electron chi connectivity index (χ1n) is 12.1. The van der Waals surface area contributed by atoms with Gasteiger partial charge in [0, 0.05) is 37.6 Å². The second-order valence-electron chi connectivity index (χ2n) is 9.05. The van der Waals surface area contributed by atoms with Crippen LogP contribution in [0.4, 0.5) is 11.4 Å². The quantitative estimate of drug-likeness (QED) is 0.172. The maximum absolute atomic E-state index is 12.2. The van der Waals surface area contributed by atoms with Crippen molar-refractivity contribution in [2.75, 3.05) is 25.7 Å². The molecule has 39 heavy (non-hydrogen) atoms. The Labute approximate surface area is 224 Å². The van der Waals surface area contributed by atoms with Crippen molar-refractivity contribution in [2.45, 2.75) is 44.4 Å². The molecule has 14 nitrogen and oxygen atoms in total. The second-order valence-corrected chi connectivity index (χ2v) is 9.05. The Morgan fingerprint density at radius 2 is 1.95 bits per heavy atom. The van der Waals surface area contributed by atoms with Gasteiger partial charge in [0.15, 0.2) is 17.7 Å². The van der Waals surface area contributed by atoms with Crippen LogP contribution in [0.2, 0.25) is 0 Å². The highest BCUT2D eigenvalue weighted by Gasteiger charge is 2.54. The lowest BCUT2D eigenvalue weighted by Crippen LogP contribution is -2.62. The number of nitro benzene ring substituents is 1. The van der Waals surface area contributed by atoms with Gasteiger partial charge in [-0.15, -0.1) is 10.2 Å². The van der Waals surface area contributed by atoms with Gasteiger partial charge in [0.2, 0.25) is 0 Å². The summed E-state index contributed by atoms with van der Waals surface area (Å²) in [5.41, 5.74) is -0.351. The van der Waals surface area contributed by atoms with Gasteiger partial charge in [-0.3, -0.25) is 10.1 Å². The number of carbonyl (C=O) groups is 1. The molecule has 1 aromatic heterocycles. The number of hydrogen-bond acceptors (Lipinski definition) is 12. The van der Waals surface area contributed by atoms with E-state index in [0.29, 0.717) is 28.4 Å². The van der Waals surface area contributed by atoms with Crippen molar-refractivity contribution in [3.05, 3.63) is 69.5 Å². The van der Waals surface area contributed by atoms with Crippen LogP contribution >= 0.6 is 0 Å². The number of ether oxygens (including phenoxy) is 4. The number of methoxy groups -OCH3 is 2. The molecule has 2 heterocycles. The zero-order valence-electron chi connectivity index (χ0n) is 22.2. The van der Waals surface area contributed by atoms with Gasteiger partial charge in [-0.25, -0.2) is 4.79 Å². The van der Waals surface area contributed by atoms with E-state index in [-0.39, 0.29) is 18.8 Å². The fraction of sp³-hybridized carbons (Fsp3) is 0.440. The number of rotatable bonds is 10. The van der Waals surface area contributed by atoms with E-state index < -0.39 is 34.9 Å². The molecule has 0 amide bonds. The molecule has 0 saturated carbocycles. The Morgan fingerprint density at radius 1 is 1.26 bits per heavy atom. The number of tetrazole rings is 1. The number of carbonyl (C=O) groups excluding carboxylic acids is 1. The number of aromatic nitrogens is 4. The van der Waals surface area contributed by atoms with Crippen LogP contribution in [0.5, 0.6) is 5.75 Å². The van der Waals surface area contributed by atoms with Gasteiger partial charge < -0.3 is 29.0 Å². The average Bonchev–Trinajstić information content (AvgIpc) is 3.33. The van der Waals surface area contributed by atoms with Gasteiger partial charge in [0.1, 0.15) is 11.9 Å². The Hall–Kier alpha value is -4.14. The van der Waals surface area contributed by atoms with E-state index in [2.05, 4.69) is 15.4 Å². The number of non-ortho nitro benzene ring substituents is 1. The largest absolute Gasteiger partial charge is 0.479 e. The zero-order valence-corrected chi connectivity index (χ0v) is 22.2. The molecule has 0 spiro atoms. The predicted octanol–water partition coefficient (Wildman–Crippen LogP) is 2.17. The number of hydrogen-bond donors (Lipinski definition) is 1. The average molecular weight is 543 g/mol. The van der Waals surface area contributed by atoms with Crippen molar-refractivity contribution >= 4 is 17.3 Å². The molecule has 14 heteroatoms. The third kappa shape index (κ3) is 5.39. The van der Waals surface area contributed by atoms with Crippen molar-refractivity contribution in [3.8, 4) is 5.75 Å². The van der Waals surface area contributed by atoms with E-state index in [4.69, 9.17) is 18.9 Å². The van der Waals surface area contributed by atoms with Crippen LogP contribution in [0.3, 0.4) is 0 Å². The lowest BCUT2D eigenvalue weighted by atomic mass is 9.83. The minimum Gasteiger partial charge on any atom is -0.479 e. The third-order valence-corrected chi connectivity index (χ3v) is 6.54. The second kappa shape index (κ2) is 11.3. The fourth-order valence-corrected chi connectivity index (χ4v) is 4.74. The lowest BCUT2D eigenvalue weighted by Gasteiger charge is -2.49. The van der Waals surface area contributed by atoms with Gasteiger partial charge >= 0.3 is 5.97 Å². The predicted molar refractivity (Wildman–Crippen MR) is 136 cm³/mol. The standard InChI is InChI=1S/C25H30N6O8/c1-6-38-23(33)15-7-9-16(10-8-15)30(14-20-26-28-29(3)27-20)21-18-13-17(31(34)35)11-12-19(18)39-25(2,22(21)32)24(36-4)37-5/h7-13,21-22,24,32H,6,14H2,1-5H3/t21-,22+,25-/m0/s1. The van der Waals surface area contributed by atoms with E-state index in [1.807, 2.05) is 0 Å². The first-order chi connectivity index (χ1) is 18.6. The Morgan fingerprint density at radius 3 is 2.51 bits per heavy atom. The molecule has 1 aliphatic heterocycles. The first kappa shape index (κ1) is 27.9. The summed E-state index contributed by atoms with van der Waals surface area (Å²) < 4.78 is 22.3. The normalized spacial score (nSPS) is 20.3. The Kier molecular flexibility index (Phi) is 8.09. The molecule has 0 saturated heterocycles. The van der Waals surface area contributed by atoms with Gasteiger partial charge in [-0.1, -0.05) is 0 Å². The Bertz CT molecular complexity index is 1330. The van der Waals surface area contributed by atoms with Crippen LogP contribution < -0.4 is 9.64 Å². The van der Waals surface area contributed by atoms with E-state index >= 15 is 0 Å². The number of aliphatic hydroxyl groups is 1. The highest BCUT2D eigenvalue weighted by Crippen LogP contribution is 2.47. The minimum atomic E-state index is -1.43. The first-order valence-corrected chi connectivity index (χ1v) is 12.1. The van der Waals surface area contributed by atoms with Crippen molar-refractivity contribution in [2.24, 2.45) is 7.05 Å². The SMILES string of the molecule is CCOC(=O)c1ccc(N(Cc2nnn(C)n2)[C@H]2c3cc([N+](=O)[O-])ccc3O[C@](C)(C(OC)OC)[C@@H]2O)cc1. The summed E-state index contributed by atoms with van der Waals surface area (Å²) in [7, 11) is 4.46. The molecule has 2 aromatic carbocycles. The van der Waals surface area contributed by atoms with Gasteiger partial charge in [0.25, 0.3) is 5.69 Å². The van der Waals surface area contributed by atoms with Crippen molar-refractivity contribution in [3.63, 3.8) is 0 Å². The molecule has 4 rings (SSSR count). The highest BCUT2D eigenvalue weighted by atomic mass is 16.7. The van der Waals surface area contributed by atoms with Crippen molar-refractivity contribution < 1.29 is 33.8 Å². The lowest BCUT2D eigenvalue weighted by molar-refractivity contribution is -0.385. The number of benzene rings is 2. The van der Waals surface area contributed by atoms with Gasteiger partial charge in [0.05, 0.1) is 36.7 Å². The molecule has 1 aliphatic rings. The van der Waals surface area contributed by atoms with Crippen LogP contribution in [0, 0.1) is 10.1 Å². The van der Waals surface area contributed by atoms with Crippen molar-refractivity contribution in [1.82, 2.24) is 20.2 Å². The molecule has 0 radical (unpaired) electrons. The minimum absolute atomic E-state index is 0.0527. The van der Waals surface area contributed by atoms with Gasteiger partial charge in [-0.05, 0) is 49.4 Å². The molecular weight excluding hydrogens is 512 g/mol. The molecule has 0 fully saturated rings. The van der Waals surface area contributed by atoms with E-state index in [1.165, 1.54) is 37.2 Å². The van der Waals surface area contributed by atoms with Crippen LogP contribution in [0.1, 0.15) is 41.6 Å². The maximum atomic E-state index is 12.2. The zero-order chi connectivity index (χ0) is 28.3. The topological polar surface area (TPSA) is 164 Å². The maximum Gasteiger partial charge on any atom is 0.338 e. The molecule has 3 atom stereocenters. The number of aryl methyl sites for hydroxylation is 1. The molecule has 0 bridgehead atoms. The summed E-state index contributed by atoms with van der Waals surface area (Å²) in [6.45, 7) is 3.63. The van der Waals surface area contributed by atoms with Crippen LogP contribution in [0.25, 0.3) is 0 Å². The van der Waals surface area contributed by atoms with E-state index in [0.717, 1.165) is 0 Å². The van der Waals surface area contributed by atoms with Crippen molar-refractivity contribution in [1.29, 1.82) is 0 Å². The fourth-order valence-electron chi connectivity index (χ4n) is 4.74. The third-order valence-electron chi connectivity index (χ3n) is 6.54. The van der Waals surface area contributed by atoms with Crippen LogP contribution in [0.15, 0.2) is 42.5 Å². The van der Waals surface area contributed by atoms with E-state index in [1.54, 1.807) is 50.1 Å². The number of anilines is 1. The number of fused-ring (bicyclic) bond motifs is 1. The highest BCUT2D eigenvalue weighted by molar-refractivity contribution is 5.89. The summed E-state index contributed by atoms with van der Waals surface area (Å²) >= 11 is 0. The summed E-state index contributed by atoms with van der Waals surface area (Å²) in [5, 5.41) is 35.8.